The predicted octanol–water partition coefficient (Wildman–Crippen LogP) is 1.95. The number of aryl methyl sites for hydroxylation is 1. The SMILES string of the molecule is O=C(NCc1ccnc(OCC2CC2)c1)N[C@H]1CCc2[nH]ncc2C1. The van der Waals surface area contributed by atoms with Crippen LogP contribution in [0.1, 0.15) is 36.1 Å². The molecule has 7 heteroatoms. The van der Waals surface area contributed by atoms with Crippen LogP contribution in [0.5, 0.6) is 5.88 Å². The van der Waals surface area contributed by atoms with Crippen LogP contribution in [0.2, 0.25) is 0 Å². The van der Waals surface area contributed by atoms with Gasteiger partial charge in [0.25, 0.3) is 0 Å². The van der Waals surface area contributed by atoms with Gasteiger partial charge in [-0.1, -0.05) is 0 Å². The van der Waals surface area contributed by atoms with E-state index in [1.54, 1.807) is 6.20 Å². The number of carbonyl (C=O) groups is 1. The van der Waals surface area contributed by atoms with E-state index >= 15 is 0 Å². The number of aromatic nitrogens is 3. The monoisotopic (exact) mass is 341 g/mol. The van der Waals surface area contributed by atoms with Gasteiger partial charge in [0.05, 0.1) is 12.8 Å². The lowest BCUT2D eigenvalue weighted by Crippen LogP contribution is -2.44. The molecule has 3 N–H and O–H groups in total. The molecule has 0 radical (unpaired) electrons. The molecule has 132 valence electrons. The number of rotatable bonds is 6. The van der Waals surface area contributed by atoms with Crippen LogP contribution in [-0.4, -0.2) is 33.9 Å². The van der Waals surface area contributed by atoms with Gasteiger partial charge in [-0.25, -0.2) is 9.78 Å². The first-order valence-electron chi connectivity index (χ1n) is 8.89. The van der Waals surface area contributed by atoms with Crippen molar-refractivity contribution in [3.8, 4) is 5.88 Å². The summed E-state index contributed by atoms with van der Waals surface area (Å²) in [6, 6.07) is 3.79. The summed E-state index contributed by atoms with van der Waals surface area (Å²) in [5, 5.41) is 13.0. The zero-order chi connectivity index (χ0) is 17.1. The van der Waals surface area contributed by atoms with E-state index in [4.69, 9.17) is 4.74 Å². The van der Waals surface area contributed by atoms with Crippen LogP contribution in [0.4, 0.5) is 4.79 Å². The number of amides is 2. The van der Waals surface area contributed by atoms with Crippen LogP contribution < -0.4 is 15.4 Å². The first kappa shape index (κ1) is 15.9. The molecule has 0 spiro atoms. The zero-order valence-electron chi connectivity index (χ0n) is 14.1. The summed E-state index contributed by atoms with van der Waals surface area (Å²) < 4.78 is 5.68. The molecule has 4 rings (SSSR count). The van der Waals surface area contributed by atoms with Crippen LogP contribution in [-0.2, 0) is 19.4 Å². The molecule has 0 unspecified atom stereocenters. The molecule has 2 aliphatic rings. The Morgan fingerprint density at radius 1 is 1.36 bits per heavy atom. The number of ether oxygens (including phenoxy) is 1. The fraction of sp³-hybridized carbons (Fsp3) is 0.500. The highest BCUT2D eigenvalue weighted by molar-refractivity contribution is 5.74. The summed E-state index contributed by atoms with van der Waals surface area (Å²) in [5.41, 5.74) is 3.37. The van der Waals surface area contributed by atoms with E-state index in [0.29, 0.717) is 18.3 Å². The molecular weight excluding hydrogens is 318 g/mol. The van der Waals surface area contributed by atoms with Crippen molar-refractivity contribution in [2.45, 2.75) is 44.7 Å². The molecule has 25 heavy (non-hydrogen) atoms. The number of hydrogen-bond acceptors (Lipinski definition) is 4. The fourth-order valence-corrected chi connectivity index (χ4v) is 3.09. The molecule has 2 amide bonds. The fourth-order valence-electron chi connectivity index (χ4n) is 3.09. The van der Waals surface area contributed by atoms with E-state index in [1.165, 1.54) is 24.1 Å². The minimum Gasteiger partial charge on any atom is -0.477 e. The quantitative estimate of drug-likeness (QED) is 0.749. The van der Waals surface area contributed by atoms with Crippen LogP contribution in [0, 0.1) is 5.92 Å². The van der Waals surface area contributed by atoms with Crippen molar-refractivity contribution in [2.75, 3.05) is 6.61 Å². The molecule has 2 aromatic rings. The highest BCUT2D eigenvalue weighted by atomic mass is 16.5. The molecule has 7 nitrogen and oxygen atoms in total. The maximum absolute atomic E-state index is 12.2. The van der Waals surface area contributed by atoms with Crippen molar-refractivity contribution in [1.82, 2.24) is 25.8 Å². The van der Waals surface area contributed by atoms with Gasteiger partial charge in [0.15, 0.2) is 0 Å². The van der Waals surface area contributed by atoms with Crippen LogP contribution in [0.15, 0.2) is 24.5 Å². The number of H-pyrrole nitrogens is 1. The summed E-state index contributed by atoms with van der Waals surface area (Å²) in [7, 11) is 0. The molecule has 2 aromatic heterocycles. The highest BCUT2D eigenvalue weighted by Crippen LogP contribution is 2.29. The number of hydrogen-bond donors (Lipinski definition) is 3. The first-order chi connectivity index (χ1) is 12.3. The Labute approximate surface area is 146 Å². The Morgan fingerprint density at radius 3 is 3.16 bits per heavy atom. The van der Waals surface area contributed by atoms with Gasteiger partial charge in [0.1, 0.15) is 0 Å². The molecule has 0 aliphatic heterocycles. The van der Waals surface area contributed by atoms with Crippen molar-refractivity contribution < 1.29 is 9.53 Å². The molecule has 0 bridgehead atoms. The van der Waals surface area contributed by atoms with E-state index < -0.39 is 0 Å². The van der Waals surface area contributed by atoms with Crippen molar-refractivity contribution in [2.24, 2.45) is 5.92 Å². The Morgan fingerprint density at radius 2 is 2.28 bits per heavy atom. The molecule has 0 saturated heterocycles. The molecule has 2 heterocycles. The molecular formula is C18H23N5O2. The second-order valence-corrected chi connectivity index (χ2v) is 6.90. The number of carbonyl (C=O) groups excluding carboxylic acids is 1. The third kappa shape index (κ3) is 4.29. The van der Waals surface area contributed by atoms with E-state index in [0.717, 1.165) is 31.4 Å². The minimum atomic E-state index is -0.144. The second-order valence-electron chi connectivity index (χ2n) is 6.90. The van der Waals surface area contributed by atoms with Crippen molar-refractivity contribution >= 4 is 6.03 Å². The first-order valence-corrected chi connectivity index (χ1v) is 8.89. The Balaban J connectivity index is 1.24. The molecule has 1 atom stereocenters. The van der Waals surface area contributed by atoms with E-state index in [1.807, 2.05) is 18.3 Å². The zero-order valence-corrected chi connectivity index (χ0v) is 14.1. The minimum absolute atomic E-state index is 0.144. The van der Waals surface area contributed by atoms with Crippen LogP contribution in [0.3, 0.4) is 0 Å². The van der Waals surface area contributed by atoms with Gasteiger partial charge in [-0.15, -0.1) is 0 Å². The van der Waals surface area contributed by atoms with Gasteiger partial charge < -0.3 is 15.4 Å². The maximum Gasteiger partial charge on any atom is 0.315 e. The smallest absolute Gasteiger partial charge is 0.315 e. The van der Waals surface area contributed by atoms with Crippen molar-refractivity contribution in [3.05, 3.63) is 41.3 Å². The average molecular weight is 341 g/mol. The van der Waals surface area contributed by atoms with Gasteiger partial charge in [-0.3, -0.25) is 5.10 Å². The lowest BCUT2D eigenvalue weighted by Gasteiger charge is -2.23. The summed E-state index contributed by atoms with van der Waals surface area (Å²) >= 11 is 0. The lowest BCUT2D eigenvalue weighted by molar-refractivity contribution is 0.235. The predicted molar refractivity (Wildman–Crippen MR) is 92.2 cm³/mol. The molecule has 1 saturated carbocycles. The topological polar surface area (TPSA) is 91.9 Å². The third-order valence-electron chi connectivity index (χ3n) is 4.77. The number of nitrogens with zero attached hydrogens (tertiary/aromatic N) is 2. The van der Waals surface area contributed by atoms with Crippen LogP contribution >= 0.6 is 0 Å². The number of pyridine rings is 1. The third-order valence-corrected chi connectivity index (χ3v) is 4.77. The lowest BCUT2D eigenvalue weighted by atomic mass is 9.94. The van der Waals surface area contributed by atoms with Gasteiger partial charge in [-0.05, 0) is 55.2 Å². The van der Waals surface area contributed by atoms with Crippen molar-refractivity contribution in [3.63, 3.8) is 0 Å². The summed E-state index contributed by atoms with van der Waals surface area (Å²) in [5.74, 6) is 1.33. The van der Waals surface area contributed by atoms with Crippen molar-refractivity contribution in [1.29, 1.82) is 0 Å². The Kier molecular flexibility index (Phi) is 4.54. The number of urea groups is 1. The average Bonchev–Trinajstić information content (AvgIpc) is 3.34. The molecule has 2 aliphatic carbocycles. The summed E-state index contributed by atoms with van der Waals surface area (Å²) in [6.45, 7) is 1.19. The van der Waals surface area contributed by atoms with Gasteiger partial charge >= 0.3 is 6.03 Å². The van der Waals surface area contributed by atoms with Gasteiger partial charge in [0.2, 0.25) is 5.88 Å². The van der Waals surface area contributed by atoms with E-state index in [2.05, 4.69) is 25.8 Å². The van der Waals surface area contributed by atoms with E-state index in [9.17, 15) is 4.79 Å². The summed E-state index contributed by atoms with van der Waals surface area (Å²) in [4.78, 5) is 16.4. The van der Waals surface area contributed by atoms with Crippen LogP contribution in [0.25, 0.3) is 0 Å². The summed E-state index contributed by atoms with van der Waals surface area (Å²) in [6.07, 6.45) is 8.75. The van der Waals surface area contributed by atoms with Gasteiger partial charge in [-0.2, -0.15) is 5.10 Å². The standard InChI is InChI=1S/C18H23N5O2/c24-18(22-15-3-4-16-14(8-15)10-21-23-16)20-9-13-5-6-19-17(7-13)25-11-12-1-2-12/h5-7,10,12,15H,1-4,8-9,11H2,(H,21,23)(H2,20,22,24)/t15-/m0/s1. The number of nitrogens with one attached hydrogen (secondary N) is 3. The largest absolute Gasteiger partial charge is 0.477 e. The second kappa shape index (κ2) is 7.13. The maximum atomic E-state index is 12.2. The molecule has 0 aromatic carbocycles. The van der Waals surface area contributed by atoms with E-state index in [-0.39, 0.29) is 12.1 Å². The highest BCUT2D eigenvalue weighted by Gasteiger charge is 2.22. The number of fused-ring (bicyclic) bond motifs is 1. The Hall–Kier alpha value is -2.57. The Bertz CT molecular complexity index is 741. The normalized spacial score (nSPS) is 19.1. The number of aromatic amines is 1. The molecule has 1 fully saturated rings. The van der Waals surface area contributed by atoms with Gasteiger partial charge in [0, 0.05) is 30.5 Å².